The van der Waals surface area contributed by atoms with Crippen LogP contribution in [0.25, 0.3) is 0 Å². The van der Waals surface area contributed by atoms with E-state index in [1.54, 1.807) is 31.3 Å². The summed E-state index contributed by atoms with van der Waals surface area (Å²) in [5.74, 6) is 0.739. The summed E-state index contributed by atoms with van der Waals surface area (Å²) in [6.07, 6.45) is 0.493. The molecule has 0 aliphatic rings. The molecule has 29 heavy (non-hydrogen) atoms. The van der Waals surface area contributed by atoms with Gasteiger partial charge in [0.2, 0.25) is 10.0 Å². The molecule has 0 aromatic heterocycles. The molecule has 1 unspecified atom stereocenters. The van der Waals surface area contributed by atoms with Crippen LogP contribution in [-0.4, -0.2) is 40.6 Å². The molecule has 2 aromatic rings. The first-order valence-corrected chi connectivity index (χ1v) is 10.3. The Labute approximate surface area is 188 Å². The van der Waals surface area contributed by atoms with Crippen molar-refractivity contribution in [3.8, 4) is 5.75 Å². The summed E-state index contributed by atoms with van der Waals surface area (Å²) in [4.78, 5) is 4.23. The van der Waals surface area contributed by atoms with Crippen molar-refractivity contribution >= 4 is 40.0 Å². The lowest BCUT2D eigenvalue weighted by Gasteiger charge is -2.18. The molecule has 7 nitrogen and oxygen atoms in total. The Bertz CT molecular complexity index is 908. The van der Waals surface area contributed by atoms with Gasteiger partial charge in [-0.1, -0.05) is 18.2 Å². The highest BCUT2D eigenvalue weighted by Crippen LogP contribution is 2.13. The second-order valence-electron chi connectivity index (χ2n) is 6.20. The Kier molecular flexibility index (Phi) is 10.3. The van der Waals surface area contributed by atoms with Crippen LogP contribution in [0.5, 0.6) is 5.75 Å². The molecule has 1 atom stereocenters. The zero-order valence-electron chi connectivity index (χ0n) is 16.3. The number of hydrogen-bond donors (Lipinski definition) is 3. The minimum absolute atomic E-state index is 0. The predicted molar refractivity (Wildman–Crippen MR) is 123 cm³/mol. The van der Waals surface area contributed by atoms with E-state index in [9.17, 15) is 12.8 Å². The first-order chi connectivity index (χ1) is 13.3. The van der Waals surface area contributed by atoms with Crippen LogP contribution in [0.1, 0.15) is 12.5 Å². The van der Waals surface area contributed by atoms with Gasteiger partial charge in [-0.25, -0.2) is 17.9 Å². The standard InChI is InChI=1S/C19H25FN4O3S.HI/c1-14(27-17-5-3-4-16(20)12-17)13-24-19(22-2)23-11-10-15-6-8-18(9-7-15)28(21,25)26;/h3-9,12,14H,10-11,13H2,1-2H3,(H2,21,25,26)(H2,22,23,24);1H. The van der Waals surface area contributed by atoms with E-state index in [1.807, 2.05) is 6.92 Å². The zero-order chi connectivity index (χ0) is 20.6. The normalized spacial score (nSPS) is 12.6. The molecule has 160 valence electrons. The van der Waals surface area contributed by atoms with Crippen LogP contribution in [0.15, 0.2) is 58.4 Å². The number of guanidine groups is 1. The second kappa shape index (κ2) is 11.9. The summed E-state index contributed by atoms with van der Waals surface area (Å²) in [7, 11) is -2.01. The van der Waals surface area contributed by atoms with Gasteiger partial charge in [-0.15, -0.1) is 24.0 Å². The number of aliphatic imine (C=N–C) groups is 1. The van der Waals surface area contributed by atoms with Crippen molar-refractivity contribution in [1.29, 1.82) is 0 Å². The van der Waals surface area contributed by atoms with Crippen LogP contribution in [0.2, 0.25) is 0 Å². The molecule has 0 bridgehead atoms. The van der Waals surface area contributed by atoms with Crippen molar-refractivity contribution in [3.05, 3.63) is 59.9 Å². The monoisotopic (exact) mass is 536 g/mol. The number of rotatable bonds is 8. The molecule has 0 aliphatic heterocycles. The zero-order valence-corrected chi connectivity index (χ0v) is 19.4. The van der Waals surface area contributed by atoms with Crippen molar-refractivity contribution < 1.29 is 17.5 Å². The number of ether oxygens (including phenoxy) is 1. The Hall–Kier alpha value is -1.92. The van der Waals surface area contributed by atoms with Crippen LogP contribution < -0.4 is 20.5 Å². The van der Waals surface area contributed by atoms with Gasteiger partial charge >= 0.3 is 0 Å². The fourth-order valence-electron chi connectivity index (χ4n) is 2.45. The number of benzene rings is 2. The minimum atomic E-state index is -3.68. The van der Waals surface area contributed by atoms with E-state index < -0.39 is 10.0 Å². The third-order valence-corrected chi connectivity index (χ3v) is 4.80. The van der Waals surface area contributed by atoms with Gasteiger partial charge in [0.05, 0.1) is 11.4 Å². The summed E-state index contributed by atoms with van der Waals surface area (Å²) < 4.78 is 41.4. The Morgan fingerprint density at radius 3 is 2.48 bits per heavy atom. The quantitative estimate of drug-likeness (QED) is 0.273. The Morgan fingerprint density at radius 2 is 1.90 bits per heavy atom. The minimum Gasteiger partial charge on any atom is -0.489 e. The Balaban J connectivity index is 0.00000420. The van der Waals surface area contributed by atoms with Crippen LogP contribution in [0.4, 0.5) is 4.39 Å². The number of nitrogens with two attached hydrogens (primary N) is 1. The average Bonchev–Trinajstić information content (AvgIpc) is 2.64. The molecule has 0 amide bonds. The van der Waals surface area contributed by atoms with Crippen molar-refractivity contribution in [2.75, 3.05) is 20.1 Å². The van der Waals surface area contributed by atoms with E-state index in [4.69, 9.17) is 9.88 Å². The molecule has 0 saturated heterocycles. The van der Waals surface area contributed by atoms with Crippen molar-refractivity contribution in [2.45, 2.75) is 24.3 Å². The van der Waals surface area contributed by atoms with Crippen molar-refractivity contribution in [1.82, 2.24) is 10.6 Å². The topological polar surface area (TPSA) is 106 Å². The second-order valence-corrected chi connectivity index (χ2v) is 7.77. The van der Waals surface area contributed by atoms with Crippen molar-refractivity contribution in [2.24, 2.45) is 10.1 Å². The van der Waals surface area contributed by atoms with Crippen LogP contribution >= 0.6 is 24.0 Å². The molecule has 2 aromatic carbocycles. The number of hydrogen-bond acceptors (Lipinski definition) is 4. The number of sulfonamides is 1. The predicted octanol–water partition coefficient (Wildman–Crippen LogP) is 2.27. The maximum Gasteiger partial charge on any atom is 0.238 e. The molecule has 2 rings (SSSR count). The highest BCUT2D eigenvalue weighted by molar-refractivity contribution is 14.0. The highest BCUT2D eigenvalue weighted by atomic mass is 127. The van der Waals surface area contributed by atoms with Gasteiger partial charge in [0.15, 0.2) is 5.96 Å². The van der Waals surface area contributed by atoms with E-state index in [1.165, 1.54) is 24.3 Å². The molecule has 0 saturated carbocycles. The van der Waals surface area contributed by atoms with E-state index >= 15 is 0 Å². The summed E-state index contributed by atoms with van der Waals surface area (Å²) in [6.45, 7) is 2.96. The summed E-state index contributed by atoms with van der Waals surface area (Å²) >= 11 is 0. The molecular formula is C19H26FIN4O3S. The number of nitrogens with one attached hydrogen (secondary N) is 2. The van der Waals surface area contributed by atoms with Gasteiger partial charge in [0.25, 0.3) is 0 Å². The lowest BCUT2D eigenvalue weighted by atomic mass is 10.1. The first kappa shape index (κ1) is 25.1. The lowest BCUT2D eigenvalue weighted by Crippen LogP contribution is -2.42. The van der Waals surface area contributed by atoms with Crippen LogP contribution in [0.3, 0.4) is 0 Å². The summed E-state index contributed by atoms with van der Waals surface area (Å²) in [5.41, 5.74) is 0.971. The maximum atomic E-state index is 13.2. The van der Waals surface area contributed by atoms with Crippen LogP contribution in [0, 0.1) is 5.82 Å². The lowest BCUT2D eigenvalue weighted by molar-refractivity contribution is 0.223. The maximum absolute atomic E-state index is 13.2. The van der Waals surface area contributed by atoms with E-state index in [0.29, 0.717) is 31.2 Å². The van der Waals surface area contributed by atoms with Crippen molar-refractivity contribution in [3.63, 3.8) is 0 Å². The smallest absolute Gasteiger partial charge is 0.238 e. The van der Waals surface area contributed by atoms with Gasteiger partial charge in [0, 0.05) is 19.7 Å². The van der Waals surface area contributed by atoms with Crippen LogP contribution in [-0.2, 0) is 16.4 Å². The SMILES string of the molecule is CN=C(NCCc1ccc(S(N)(=O)=O)cc1)NCC(C)Oc1cccc(F)c1.I. The molecule has 0 aliphatic carbocycles. The largest absolute Gasteiger partial charge is 0.489 e. The summed E-state index contributed by atoms with van der Waals surface area (Å²) in [6, 6.07) is 12.4. The summed E-state index contributed by atoms with van der Waals surface area (Å²) in [5, 5.41) is 11.4. The van der Waals surface area contributed by atoms with E-state index in [-0.39, 0.29) is 40.8 Å². The number of nitrogens with zero attached hydrogens (tertiary/aromatic N) is 1. The van der Waals surface area contributed by atoms with E-state index in [2.05, 4.69) is 15.6 Å². The molecule has 4 N–H and O–H groups in total. The Morgan fingerprint density at radius 1 is 1.21 bits per heavy atom. The molecule has 0 fully saturated rings. The average molecular weight is 536 g/mol. The number of primary sulfonamides is 1. The molecule has 0 spiro atoms. The van der Waals surface area contributed by atoms with Gasteiger partial charge in [-0.05, 0) is 43.2 Å². The van der Waals surface area contributed by atoms with E-state index in [0.717, 1.165) is 5.56 Å². The van der Waals surface area contributed by atoms with Gasteiger partial charge in [-0.2, -0.15) is 0 Å². The molecule has 10 heteroatoms. The number of halogens is 2. The first-order valence-electron chi connectivity index (χ1n) is 8.76. The van der Waals surface area contributed by atoms with Gasteiger partial charge in [0.1, 0.15) is 17.7 Å². The molecule has 0 radical (unpaired) electrons. The molecule has 0 heterocycles. The third-order valence-electron chi connectivity index (χ3n) is 3.87. The fraction of sp³-hybridized carbons (Fsp3) is 0.316. The third kappa shape index (κ3) is 8.96. The molecular weight excluding hydrogens is 510 g/mol. The van der Waals surface area contributed by atoms with Gasteiger partial charge < -0.3 is 15.4 Å². The van der Waals surface area contributed by atoms with Gasteiger partial charge in [-0.3, -0.25) is 4.99 Å². The highest BCUT2D eigenvalue weighted by Gasteiger charge is 2.08. The fourth-order valence-corrected chi connectivity index (χ4v) is 2.96.